The van der Waals surface area contributed by atoms with Crippen molar-refractivity contribution in [2.45, 2.75) is 32.5 Å². The molecule has 2 aromatic rings. The van der Waals surface area contributed by atoms with Crippen molar-refractivity contribution in [3.63, 3.8) is 0 Å². The second-order valence-electron chi connectivity index (χ2n) is 5.95. The summed E-state index contributed by atoms with van der Waals surface area (Å²) in [4.78, 5) is 16.9. The van der Waals surface area contributed by atoms with Crippen LogP contribution in [0.15, 0.2) is 23.0 Å². The van der Waals surface area contributed by atoms with Gasteiger partial charge in [-0.15, -0.1) is 0 Å². The molecule has 0 unspecified atom stereocenters. The van der Waals surface area contributed by atoms with E-state index in [2.05, 4.69) is 4.98 Å². The monoisotopic (exact) mass is 311 g/mol. The highest BCUT2D eigenvalue weighted by Gasteiger charge is 2.31. The van der Waals surface area contributed by atoms with Gasteiger partial charge in [-0.2, -0.15) is 13.2 Å². The summed E-state index contributed by atoms with van der Waals surface area (Å²) in [5.74, 6) is 0. The number of nitrogens with one attached hydrogen (secondary N) is 2. The van der Waals surface area contributed by atoms with E-state index >= 15 is 0 Å². The fraction of sp³-hybridized carbons (Fsp3) is 0.438. The Bertz CT molecular complexity index is 758. The van der Waals surface area contributed by atoms with Gasteiger partial charge in [-0.05, 0) is 25.1 Å². The van der Waals surface area contributed by atoms with E-state index in [4.69, 9.17) is 0 Å². The fourth-order valence-electron chi connectivity index (χ4n) is 3.15. The van der Waals surface area contributed by atoms with Crippen LogP contribution in [-0.4, -0.2) is 18.1 Å². The van der Waals surface area contributed by atoms with Crippen molar-refractivity contribution < 1.29 is 18.1 Å². The number of aryl methyl sites for hydroxylation is 1. The number of rotatable bonds is 2. The molecular formula is C16H18F3N2O+. The van der Waals surface area contributed by atoms with E-state index in [1.165, 1.54) is 11.0 Å². The summed E-state index contributed by atoms with van der Waals surface area (Å²) in [7, 11) is 0. The lowest BCUT2D eigenvalue weighted by atomic mass is 10.1. The zero-order valence-electron chi connectivity index (χ0n) is 12.3. The second kappa shape index (κ2) is 5.43. The van der Waals surface area contributed by atoms with Crippen LogP contribution in [0.3, 0.4) is 0 Å². The smallest absolute Gasteiger partial charge is 0.358 e. The number of hydrogen-bond donors (Lipinski definition) is 2. The van der Waals surface area contributed by atoms with Crippen LogP contribution < -0.4 is 10.3 Å². The van der Waals surface area contributed by atoms with Gasteiger partial charge in [-0.1, -0.05) is 0 Å². The third-order valence-corrected chi connectivity index (χ3v) is 4.38. The van der Waals surface area contributed by atoms with E-state index in [-0.39, 0.29) is 10.9 Å². The molecule has 6 heteroatoms. The van der Waals surface area contributed by atoms with Crippen LogP contribution >= 0.6 is 0 Å². The number of quaternary nitrogens is 1. The van der Waals surface area contributed by atoms with Crippen LogP contribution in [0.25, 0.3) is 10.9 Å². The molecule has 1 fully saturated rings. The van der Waals surface area contributed by atoms with Crippen LogP contribution in [-0.2, 0) is 12.7 Å². The highest BCUT2D eigenvalue weighted by atomic mass is 19.4. The molecule has 2 heterocycles. The summed E-state index contributed by atoms with van der Waals surface area (Å²) >= 11 is 0. The van der Waals surface area contributed by atoms with Crippen molar-refractivity contribution in [1.29, 1.82) is 0 Å². The van der Waals surface area contributed by atoms with Crippen LogP contribution in [0, 0.1) is 6.92 Å². The maximum Gasteiger partial charge on any atom is 0.416 e. The highest BCUT2D eigenvalue weighted by Crippen LogP contribution is 2.30. The van der Waals surface area contributed by atoms with E-state index < -0.39 is 11.7 Å². The summed E-state index contributed by atoms with van der Waals surface area (Å²) in [5, 5.41) is 0.326. The Morgan fingerprint density at radius 2 is 1.91 bits per heavy atom. The van der Waals surface area contributed by atoms with Crippen molar-refractivity contribution in [1.82, 2.24) is 4.98 Å². The van der Waals surface area contributed by atoms with Crippen molar-refractivity contribution in [2.24, 2.45) is 0 Å². The molecule has 1 aliphatic rings. The summed E-state index contributed by atoms with van der Waals surface area (Å²) in [6, 6.07) is 3.26. The fourth-order valence-corrected chi connectivity index (χ4v) is 3.15. The minimum absolute atomic E-state index is 0.153. The molecule has 0 radical (unpaired) electrons. The van der Waals surface area contributed by atoms with Gasteiger partial charge in [-0.3, -0.25) is 4.79 Å². The highest BCUT2D eigenvalue weighted by molar-refractivity contribution is 5.80. The molecular weight excluding hydrogens is 293 g/mol. The normalized spacial score (nSPS) is 16.5. The van der Waals surface area contributed by atoms with Gasteiger partial charge in [0.1, 0.15) is 6.54 Å². The van der Waals surface area contributed by atoms with Crippen molar-refractivity contribution in [3.05, 3.63) is 45.2 Å². The Morgan fingerprint density at radius 1 is 1.23 bits per heavy atom. The zero-order chi connectivity index (χ0) is 15.9. The van der Waals surface area contributed by atoms with Crippen molar-refractivity contribution in [3.8, 4) is 0 Å². The molecule has 0 saturated carbocycles. The second-order valence-corrected chi connectivity index (χ2v) is 5.95. The van der Waals surface area contributed by atoms with Crippen LogP contribution in [0.4, 0.5) is 13.2 Å². The first-order chi connectivity index (χ1) is 10.4. The third-order valence-electron chi connectivity index (χ3n) is 4.38. The van der Waals surface area contributed by atoms with Gasteiger partial charge in [0.15, 0.2) is 5.43 Å². The largest absolute Gasteiger partial charge is 0.416 e. The average Bonchev–Trinajstić information content (AvgIpc) is 2.95. The minimum atomic E-state index is -4.41. The predicted molar refractivity (Wildman–Crippen MR) is 77.9 cm³/mol. The molecule has 0 spiro atoms. The molecule has 0 atom stereocenters. The molecule has 1 saturated heterocycles. The van der Waals surface area contributed by atoms with E-state index in [1.807, 2.05) is 0 Å². The quantitative estimate of drug-likeness (QED) is 0.875. The lowest BCUT2D eigenvalue weighted by Gasteiger charge is -2.14. The maximum absolute atomic E-state index is 12.8. The lowest BCUT2D eigenvalue weighted by Crippen LogP contribution is -3.08. The number of pyridine rings is 1. The van der Waals surface area contributed by atoms with E-state index in [0.29, 0.717) is 23.2 Å². The van der Waals surface area contributed by atoms with Gasteiger partial charge < -0.3 is 9.88 Å². The van der Waals surface area contributed by atoms with Crippen molar-refractivity contribution in [2.75, 3.05) is 13.1 Å². The van der Waals surface area contributed by atoms with Gasteiger partial charge in [0, 0.05) is 23.9 Å². The summed E-state index contributed by atoms with van der Waals surface area (Å²) in [5.41, 5.74) is 0.699. The van der Waals surface area contributed by atoms with Gasteiger partial charge in [0.2, 0.25) is 0 Å². The number of aromatic amines is 1. The molecule has 0 bridgehead atoms. The van der Waals surface area contributed by atoms with E-state index in [1.54, 1.807) is 6.92 Å². The molecule has 3 nitrogen and oxygen atoms in total. The molecule has 1 aromatic heterocycles. The number of alkyl halides is 3. The first-order valence-electron chi connectivity index (χ1n) is 7.42. The van der Waals surface area contributed by atoms with Crippen LogP contribution in [0.2, 0.25) is 0 Å². The zero-order valence-corrected chi connectivity index (χ0v) is 12.3. The summed E-state index contributed by atoms with van der Waals surface area (Å²) in [6.45, 7) is 4.48. The molecule has 0 aliphatic carbocycles. The molecule has 3 rings (SSSR count). The summed E-state index contributed by atoms with van der Waals surface area (Å²) in [6.07, 6.45) is -2.08. The van der Waals surface area contributed by atoms with Crippen LogP contribution in [0.1, 0.15) is 29.7 Å². The van der Waals surface area contributed by atoms with Crippen LogP contribution in [0.5, 0.6) is 0 Å². The summed E-state index contributed by atoms with van der Waals surface area (Å²) < 4.78 is 38.3. The Labute approximate surface area is 125 Å². The molecule has 118 valence electrons. The molecule has 22 heavy (non-hydrogen) atoms. The SMILES string of the molecule is Cc1[nH]c2cc(C(F)(F)F)ccc2c(=O)c1C[NH+]1CCCC1. The Morgan fingerprint density at radius 3 is 2.55 bits per heavy atom. The number of likely N-dealkylation sites (tertiary alicyclic amines) is 1. The molecule has 1 aromatic carbocycles. The number of aromatic nitrogens is 1. The van der Waals surface area contributed by atoms with Gasteiger partial charge in [0.05, 0.1) is 29.7 Å². The standard InChI is InChI=1S/C16H17F3N2O/c1-10-13(9-21-6-2-3-7-21)15(22)12-5-4-11(16(17,18)19)8-14(12)20-10/h4-5,8H,2-3,6-7,9H2,1H3,(H,20,22)/p+1. The first kappa shape index (κ1) is 15.1. The number of hydrogen-bond acceptors (Lipinski definition) is 1. The Kier molecular flexibility index (Phi) is 3.72. The Balaban J connectivity index is 2.07. The number of H-pyrrole nitrogens is 1. The van der Waals surface area contributed by atoms with Gasteiger partial charge in [-0.25, -0.2) is 0 Å². The lowest BCUT2D eigenvalue weighted by molar-refractivity contribution is -0.901. The number of fused-ring (bicyclic) bond motifs is 1. The van der Waals surface area contributed by atoms with Crippen molar-refractivity contribution >= 4 is 10.9 Å². The number of halogens is 3. The maximum atomic E-state index is 12.8. The predicted octanol–water partition coefficient (Wildman–Crippen LogP) is 2.03. The third kappa shape index (κ3) is 2.75. The molecule has 1 aliphatic heterocycles. The van der Waals surface area contributed by atoms with E-state index in [0.717, 1.165) is 38.1 Å². The van der Waals surface area contributed by atoms with Gasteiger partial charge >= 0.3 is 6.18 Å². The van der Waals surface area contributed by atoms with E-state index in [9.17, 15) is 18.0 Å². The first-order valence-corrected chi connectivity index (χ1v) is 7.42. The average molecular weight is 311 g/mol. The number of benzene rings is 1. The topological polar surface area (TPSA) is 37.3 Å². The molecule has 0 amide bonds. The Hall–Kier alpha value is -1.82. The minimum Gasteiger partial charge on any atom is -0.358 e. The molecule has 2 N–H and O–H groups in total. The van der Waals surface area contributed by atoms with Gasteiger partial charge in [0.25, 0.3) is 0 Å².